The summed E-state index contributed by atoms with van der Waals surface area (Å²) in [5.74, 6) is -0.203. The molecule has 1 amide bonds. The Hall–Kier alpha value is -2.77. The van der Waals surface area contributed by atoms with Crippen LogP contribution in [0.5, 0.6) is 0 Å². The molecule has 7 heteroatoms. The molecule has 1 saturated carbocycles. The Morgan fingerprint density at radius 1 is 1.17 bits per heavy atom. The van der Waals surface area contributed by atoms with Crippen molar-refractivity contribution in [3.05, 3.63) is 59.8 Å². The van der Waals surface area contributed by atoms with E-state index in [4.69, 9.17) is 0 Å². The van der Waals surface area contributed by atoms with Crippen LogP contribution in [0.15, 0.2) is 42.9 Å². The fraction of sp³-hybridized carbons (Fsp3) is 0.517. The number of nitrogens with zero attached hydrogens (tertiary/aromatic N) is 4. The van der Waals surface area contributed by atoms with Crippen molar-refractivity contribution >= 4 is 16.8 Å². The normalized spacial score (nSPS) is 23.3. The van der Waals surface area contributed by atoms with Gasteiger partial charge in [-0.15, -0.1) is 0 Å². The number of rotatable bonds is 5. The van der Waals surface area contributed by atoms with Gasteiger partial charge in [0.05, 0.1) is 29.1 Å². The van der Waals surface area contributed by atoms with Crippen molar-refractivity contribution in [2.45, 2.75) is 76.5 Å². The number of carbonyl (C=O) groups excluding carboxylic acids is 1. The number of carbonyl (C=O) groups is 1. The molecular weight excluding hydrogens is 455 g/mol. The molecule has 5 rings (SSSR count). The molecule has 1 aromatic carbocycles. The van der Waals surface area contributed by atoms with Crippen LogP contribution < -0.4 is 0 Å². The van der Waals surface area contributed by atoms with E-state index < -0.39 is 5.82 Å². The standard InChI is InChI=1S/C29H37FN4O2/c1-19(2)32(3)29(36)25-15-21(30)8-11-27(25)34-18-26(24-12-13-31-16-28(24)34)20-6-9-22(10-7-20)33-14-4-5-23(35)17-33/h8,11-13,15-16,18-20,22-23,35H,4-7,9-10,14,17H2,1-3H3/t20-,22+,23?. The summed E-state index contributed by atoms with van der Waals surface area (Å²) in [4.78, 5) is 21.8. The third-order valence-corrected chi connectivity index (χ3v) is 8.26. The molecule has 1 aliphatic heterocycles. The van der Waals surface area contributed by atoms with Gasteiger partial charge < -0.3 is 14.6 Å². The Morgan fingerprint density at radius 3 is 2.67 bits per heavy atom. The molecule has 0 bridgehead atoms. The van der Waals surface area contributed by atoms with E-state index in [1.165, 1.54) is 17.7 Å². The number of halogens is 1. The molecule has 2 aliphatic rings. The molecule has 192 valence electrons. The Labute approximate surface area is 212 Å². The van der Waals surface area contributed by atoms with Crippen LogP contribution in [0.2, 0.25) is 0 Å². The van der Waals surface area contributed by atoms with Crippen molar-refractivity contribution < 1.29 is 14.3 Å². The third kappa shape index (κ3) is 4.78. The van der Waals surface area contributed by atoms with E-state index in [-0.39, 0.29) is 18.1 Å². The summed E-state index contributed by atoms with van der Waals surface area (Å²) in [5.41, 5.74) is 3.23. The van der Waals surface area contributed by atoms with Crippen LogP contribution >= 0.6 is 0 Å². The number of aliphatic hydroxyl groups excluding tert-OH is 1. The summed E-state index contributed by atoms with van der Waals surface area (Å²) < 4.78 is 16.3. The minimum Gasteiger partial charge on any atom is -0.392 e. The lowest BCUT2D eigenvalue weighted by molar-refractivity contribution is 0.0345. The van der Waals surface area contributed by atoms with Crippen molar-refractivity contribution in [3.8, 4) is 5.69 Å². The van der Waals surface area contributed by atoms with Crippen LogP contribution in [-0.2, 0) is 0 Å². The van der Waals surface area contributed by atoms with E-state index in [9.17, 15) is 14.3 Å². The zero-order chi connectivity index (χ0) is 25.4. The Balaban J connectivity index is 1.47. The molecule has 2 fully saturated rings. The van der Waals surface area contributed by atoms with E-state index >= 15 is 0 Å². The summed E-state index contributed by atoms with van der Waals surface area (Å²) in [6.07, 6.45) is 12.0. The van der Waals surface area contributed by atoms with Crippen LogP contribution in [0.3, 0.4) is 0 Å². The van der Waals surface area contributed by atoms with Gasteiger partial charge in [-0.1, -0.05) is 0 Å². The number of amides is 1. The molecule has 6 nitrogen and oxygen atoms in total. The monoisotopic (exact) mass is 492 g/mol. The number of β-amino-alcohol motifs (C(OH)–C–C–N with tert-alkyl or cyclic N) is 1. The Morgan fingerprint density at radius 2 is 1.94 bits per heavy atom. The lowest BCUT2D eigenvalue weighted by atomic mass is 9.81. The Bertz CT molecular complexity index is 1230. The van der Waals surface area contributed by atoms with Crippen molar-refractivity contribution in [2.24, 2.45) is 0 Å². The highest BCUT2D eigenvalue weighted by molar-refractivity contribution is 5.99. The van der Waals surface area contributed by atoms with E-state index in [0.29, 0.717) is 23.2 Å². The summed E-state index contributed by atoms with van der Waals surface area (Å²) in [5, 5.41) is 11.3. The number of hydrogen-bond acceptors (Lipinski definition) is 4. The van der Waals surface area contributed by atoms with E-state index in [0.717, 1.165) is 62.5 Å². The maximum atomic E-state index is 14.3. The highest BCUT2D eigenvalue weighted by atomic mass is 19.1. The first-order chi connectivity index (χ1) is 17.3. The number of hydrogen-bond donors (Lipinski definition) is 1. The van der Waals surface area contributed by atoms with Gasteiger partial charge in [0.15, 0.2) is 0 Å². The number of benzene rings is 1. The van der Waals surface area contributed by atoms with Gasteiger partial charge in [0.25, 0.3) is 5.91 Å². The molecular formula is C29H37FN4O2. The number of likely N-dealkylation sites (tertiary alicyclic amines) is 1. The first-order valence-electron chi connectivity index (χ1n) is 13.3. The van der Waals surface area contributed by atoms with E-state index in [2.05, 4.69) is 22.1 Å². The number of pyridine rings is 1. The van der Waals surface area contributed by atoms with Crippen molar-refractivity contribution in [2.75, 3.05) is 20.1 Å². The molecule has 0 radical (unpaired) electrons. The molecule has 1 atom stereocenters. The SMILES string of the molecule is CC(C)N(C)C(=O)c1cc(F)ccc1-n1cc([C@H]2CC[C@@H](N3CCCC(O)C3)CC2)c2ccncc21. The maximum absolute atomic E-state index is 14.3. The second kappa shape index (κ2) is 10.3. The molecule has 1 N–H and O–H groups in total. The fourth-order valence-electron chi connectivity index (χ4n) is 6.01. The largest absolute Gasteiger partial charge is 0.392 e. The first kappa shape index (κ1) is 24.9. The van der Waals surface area contributed by atoms with Crippen LogP contribution in [-0.4, -0.2) is 68.7 Å². The molecule has 3 aromatic rings. The highest BCUT2D eigenvalue weighted by Crippen LogP contribution is 2.40. The van der Waals surface area contributed by atoms with Crippen molar-refractivity contribution in [1.29, 1.82) is 0 Å². The van der Waals surface area contributed by atoms with Gasteiger partial charge in [-0.05, 0) is 94.7 Å². The van der Waals surface area contributed by atoms with Gasteiger partial charge in [-0.3, -0.25) is 14.7 Å². The fourth-order valence-corrected chi connectivity index (χ4v) is 6.01. The summed E-state index contributed by atoms with van der Waals surface area (Å²) >= 11 is 0. The number of aliphatic hydroxyl groups is 1. The summed E-state index contributed by atoms with van der Waals surface area (Å²) in [7, 11) is 1.75. The highest BCUT2D eigenvalue weighted by Gasteiger charge is 2.31. The predicted octanol–water partition coefficient (Wildman–Crippen LogP) is 5.13. The zero-order valence-corrected chi connectivity index (χ0v) is 21.5. The maximum Gasteiger partial charge on any atom is 0.256 e. The van der Waals surface area contributed by atoms with Gasteiger partial charge >= 0.3 is 0 Å². The summed E-state index contributed by atoms with van der Waals surface area (Å²) in [6.45, 7) is 5.78. The van der Waals surface area contributed by atoms with Crippen LogP contribution in [0, 0.1) is 5.82 Å². The molecule has 1 unspecified atom stereocenters. The predicted molar refractivity (Wildman–Crippen MR) is 140 cm³/mol. The molecule has 1 aliphatic carbocycles. The van der Waals surface area contributed by atoms with Crippen LogP contribution in [0.25, 0.3) is 16.6 Å². The van der Waals surface area contributed by atoms with Crippen LogP contribution in [0.4, 0.5) is 4.39 Å². The lowest BCUT2D eigenvalue weighted by Gasteiger charge is -2.40. The average Bonchev–Trinajstić information content (AvgIpc) is 3.27. The molecule has 1 saturated heterocycles. The van der Waals surface area contributed by atoms with E-state index in [1.807, 2.05) is 30.8 Å². The molecule has 0 spiro atoms. The minimum absolute atomic E-state index is 0.00320. The van der Waals surface area contributed by atoms with E-state index in [1.54, 1.807) is 18.0 Å². The minimum atomic E-state index is -0.421. The molecule has 2 aromatic heterocycles. The molecule has 3 heterocycles. The number of piperidine rings is 1. The molecule has 36 heavy (non-hydrogen) atoms. The van der Waals surface area contributed by atoms with Gasteiger partial charge in [0, 0.05) is 43.5 Å². The number of fused-ring (bicyclic) bond motifs is 1. The smallest absolute Gasteiger partial charge is 0.256 e. The second-order valence-corrected chi connectivity index (χ2v) is 10.8. The van der Waals surface area contributed by atoms with Gasteiger partial charge in [0.2, 0.25) is 0 Å². The Kier molecular flexibility index (Phi) is 7.13. The van der Waals surface area contributed by atoms with Crippen LogP contribution in [0.1, 0.15) is 74.2 Å². The average molecular weight is 493 g/mol. The van der Waals surface area contributed by atoms with Gasteiger partial charge in [-0.25, -0.2) is 4.39 Å². The van der Waals surface area contributed by atoms with Crippen molar-refractivity contribution in [3.63, 3.8) is 0 Å². The number of aromatic nitrogens is 2. The second-order valence-electron chi connectivity index (χ2n) is 10.8. The lowest BCUT2D eigenvalue weighted by Crippen LogP contribution is -2.45. The third-order valence-electron chi connectivity index (χ3n) is 8.26. The van der Waals surface area contributed by atoms with Gasteiger partial charge in [0.1, 0.15) is 5.82 Å². The quantitative estimate of drug-likeness (QED) is 0.537. The topological polar surface area (TPSA) is 61.6 Å². The first-order valence-corrected chi connectivity index (χ1v) is 13.3. The van der Waals surface area contributed by atoms with Crippen molar-refractivity contribution in [1.82, 2.24) is 19.4 Å². The summed E-state index contributed by atoms with van der Waals surface area (Å²) in [6, 6.07) is 7.06. The zero-order valence-electron chi connectivity index (χ0n) is 21.5. The van der Waals surface area contributed by atoms with Gasteiger partial charge in [-0.2, -0.15) is 0 Å².